The SMILES string of the molecule is CCC1=CC(=O)N=C(SCC(=O)O)C1C#N. The van der Waals surface area contributed by atoms with E-state index in [4.69, 9.17) is 10.4 Å². The summed E-state index contributed by atoms with van der Waals surface area (Å²) >= 11 is 0.927. The van der Waals surface area contributed by atoms with Crippen LogP contribution in [0.25, 0.3) is 0 Å². The Balaban J connectivity index is 2.86. The molecule has 1 atom stereocenters. The summed E-state index contributed by atoms with van der Waals surface area (Å²) in [7, 11) is 0. The van der Waals surface area contributed by atoms with Crippen molar-refractivity contribution in [2.75, 3.05) is 5.75 Å². The molecule has 1 aliphatic heterocycles. The summed E-state index contributed by atoms with van der Waals surface area (Å²) in [6.45, 7) is 1.84. The van der Waals surface area contributed by atoms with Crippen LogP contribution in [-0.2, 0) is 9.59 Å². The number of dihydropyridines is 1. The summed E-state index contributed by atoms with van der Waals surface area (Å²) in [4.78, 5) is 25.3. The van der Waals surface area contributed by atoms with Crippen LogP contribution < -0.4 is 0 Å². The van der Waals surface area contributed by atoms with Crippen molar-refractivity contribution in [3.63, 3.8) is 0 Å². The van der Waals surface area contributed by atoms with Gasteiger partial charge >= 0.3 is 5.97 Å². The maximum absolute atomic E-state index is 11.2. The zero-order chi connectivity index (χ0) is 12.1. The highest BCUT2D eigenvalue weighted by molar-refractivity contribution is 8.14. The molecule has 84 valence electrons. The van der Waals surface area contributed by atoms with E-state index in [0.29, 0.717) is 12.0 Å². The topological polar surface area (TPSA) is 90.5 Å². The highest BCUT2D eigenvalue weighted by Crippen LogP contribution is 2.26. The molecular weight excluding hydrogens is 228 g/mol. The monoisotopic (exact) mass is 238 g/mol. The number of allylic oxidation sites excluding steroid dienone is 1. The number of carbonyl (C=O) groups is 2. The second kappa shape index (κ2) is 5.47. The number of carbonyl (C=O) groups excluding carboxylic acids is 1. The van der Waals surface area contributed by atoms with Gasteiger partial charge < -0.3 is 5.11 Å². The van der Waals surface area contributed by atoms with Crippen LogP contribution in [0.3, 0.4) is 0 Å². The molecule has 0 fully saturated rings. The van der Waals surface area contributed by atoms with Gasteiger partial charge in [-0.05, 0) is 12.0 Å². The summed E-state index contributed by atoms with van der Waals surface area (Å²) in [5.41, 5.74) is 0.690. The molecule has 0 aliphatic carbocycles. The van der Waals surface area contributed by atoms with Crippen molar-refractivity contribution in [2.24, 2.45) is 10.9 Å². The predicted octanol–water partition coefficient (Wildman–Crippen LogP) is 1.22. The van der Waals surface area contributed by atoms with Gasteiger partial charge in [-0.15, -0.1) is 0 Å². The van der Waals surface area contributed by atoms with E-state index in [-0.39, 0.29) is 10.8 Å². The van der Waals surface area contributed by atoms with Gasteiger partial charge in [-0.2, -0.15) is 5.26 Å². The largest absolute Gasteiger partial charge is 0.481 e. The molecule has 1 aliphatic rings. The van der Waals surface area contributed by atoms with Gasteiger partial charge in [-0.25, -0.2) is 4.99 Å². The first kappa shape index (κ1) is 12.5. The third kappa shape index (κ3) is 2.94. The minimum absolute atomic E-state index is 0.193. The smallest absolute Gasteiger partial charge is 0.313 e. The van der Waals surface area contributed by atoms with Gasteiger partial charge in [0.15, 0.2) is 0 Å². The van der Waals surface area contributed by atoms with Crippen LogP contribution in [0.5, 0.6) is 0 Å². The fourth-order valence-corrected chi connectivity index (χ4v) is 2.10. The molecule has 1 heterocycles. The molecule has 0 spiro atoms. The molecule has 0 saturated carbocycles. The van der Waals surface area contributed by atoms with Crippen LogP contribution in [0.2, 0.25) is 0 Å². The fraction of sp³-hybridized carbons (Fsp3) is 0.400. The Kier molecular flexibility index (Phi) is 4.26. The zero-order valence-electron chi connectivity index (χ0n) is 8.64. The number of amides is 1. The first-order valence-corrected chi connectivity index (χ1v) is 5.64. The number of aliphatic carboxylic acids is 1. The molecule has 5 nitrogen and oxygen atoms in total. The molecule has 16 heavy (non-hydrogen) atoms. The molecule has 1 N–H and O–H groups in total. The van der Waals surface area contributed by atoms with Crippen LogP contribution in [-0.4, -0.2) is 27.8 Å². The van der Waals surface area contributed by atoms with Gasteiger partial charge in [0.1, 0.15) is 5.92 Å². The van der Waals surface area contributed by atoms with Gasteiger partial charge in [0.2, 0.25) is 0 Å². The Bertz CT molecular complexity index is 420. The molecule has 6 heteroatoms. The Morgan fingerprint density at radius 1 is 1.75 bits per heavy atom. The number of nitrogens with zero attached hydrogens (tertiary/aromatic N) is 2. The van der Waals surface area contributed by atoms with E-state index in [2.05, 4.69) is 4.99 Å². The Morgan fingerprint density at radius 2 is 2.44 bits per heavy atom. The molecular formula is C10H10N2O3S. The lowest BCUT2D eigenvalue weighted by molar-refractivity contribution is -0.133. The standard InChI is InChI=1S/C10H10N2O3S/c1-2-6-3-8(13)12-10(7(6)4-11)16-5-9(14)15/h3,7H,2,5H2,1H3,(H,14,15). The first-order valence-electron chi connectivity index (χ1n) is 4.65. The second-order valence-corrected chi connectivity index (χ2v) is 4.10. The lowest BCUT2D eigenvalue weighted by atomic mass is 9.97. The second-order valence-electron chi connectivity index (χ2n) is 3.11. The first-order chi connectivity index (χ1) is 7.58. The Hall–Kier alpha value is -1.61. The molecule has 0 aromatic heterocycles. The lowest BCUT2D eigenvalue weighted by Gasteiger charge is -2.16. The number of nitriles is 1. The van der Waals surface area contributed by atoms with Crippen LogP contribution in [0.15, 0.2) is 16.6 Å². The van der Waals surface area contributed by atoms with Gasteiger partial charge in [0.25, 0.3) is 5.91 Å². The normalized spacial score (nSPS) is 19.8. The number of carboxylic acids is 1. The van der Waals surface area contributed by atoms with Crippen molar-refractivity contribution in [2.45, 2.75) is 13.3 Å². The molecule has 1 unspecified atom stereocenters. The average molecular weight is 238 g/mol. The van der Waals surface area contributed by atoms with E-state index in [9.17, 15) is 9.59 Å². The third-order valence-corrected chi connectivity index (χ3v) is 3.04. The van der Waals surface area contributed by atoms with Crippen molar-refractivity contribution in [1.82, 2.24) is 0 Å². The molecule has 1 amide bonds. The van der Waals surface area contributed by atoms with Crippen LogP contribution >= 0.6 is 11.8 Å². The van der Waals surface area contributed by atoms with E-state index in [1.165, 1.54) is 6.08 Å². The van der Waals surface area contributed by atoms with Crippen molar-refractivity contribution >= 4 is 28.7 Å². The summed E-state index contributed by atoms with van der Waals surface area (Å²) in [5.74, 6) is -2.19. The van der Waals surface area contributed by atoms with Gasteiger partial charge in [0.05, 0.1) is 16.9 Å². The van der Waals surface area contributed by atoms with Crippen LogP contribution in [0.1, 0.15) is 13.3 Å². The summed E-state index contributed by atoms with van der Waals surface area (Å²) in [6.07, 6.45) is 1.93. The third-order valence-electron chi connectivity index (χ3n) is 2.03. The molecule has 0 aromatic carbocycles. The van der Waals surface area contributed by atoms with Crippen LogP contribution in [0, 0.1) is 17.2 Å². The van der Waals surface area contributed by atoms with Gasteiger partial charge in [-0.1, -0.05) is 18.7 Å². The molecule has 0 radical (unpaired) electrons. The molecule has 0 aromatic rings. The lowest BCUT2D eigenvalue weighted by Crippen LogP contribution is -2.20. The summed E-state index contributed by atoms with van der Waals surface area (Å²) in [6, 6.07) is 2.03. The number of rotatable bonds is 3. The summed E-state index contributed by atoms with van der Waals surface area (Å²) < 4.78 is 0. The summed E-state index contributed by atoms with van der Waals surface area (Å²) in [5, 5.41) is 17.8. The average Bonchev–Trinajstić information content (AvgIpc) is 2.25. The highest BCUT2D eigenvalue weighted by Gasteiger charge is 2.25. The maximum atomic E-state index is 11.2. The Labute approximate surface area is 96.9 Å². The minimum Gasteiger partial charge on any atom is -0.481 e. The highest BCUT2D eigenvalue weighted by atomic mass is 32.2. The van der Waals surface area contributed by atoms with Crippen molar-refractivity contribution < 1.29 is 14.7 Å². The number of hydrogen-bond donors (Lipinski definition) is 1. The number of hydrogen-bond acceptors (Lipinski definition) is 4. The van der Waals surface area contributed by atoms with E-state index < -0.39 is 17.8 Å². The number of carboxylic acid groups (broad SMARTS) is 1. The van der Waals surface area contributed by atoms with E-state index >= 15 is 0 Å². The fourth-order valence-electron chi connectivity index (χ4n) is 1.30. The minimum atomic E-state index is -0.996. The van der Waals surface area contributed by atoms with Gasteiger partial charge in [0, 0.05) is 6.08 Å². The molecule has 1 rings (SSSR count). The van der Waals surface area contributed by atoms with Crippen molar-refractivity contribution in [1.29, 1.82) is 5.26 Å². The van der Waals surface area contributed by atoms with Crippen molar-refractivity contribution in [3.05, 3.63) is 11.6 Å². The maximum Gasteiger partial charge on any atom is 0.313 e. The van der Waals surface area contributed by atoms with Crippen LogP contribution in [0.4, 0.5) is 0 Å². The Morgan fingerprint density at radius 3 is 2.94 bits per heavy atom. The number of aliphatic imine (C=N–C) groups is 1. The van der Waals surface area contributed by atoms with E-state index in [1.54, 1.807) is 0 Å². The van der Waals surface area contributed by atoms with E-state index in [1.807, 2.05) is 13.0 Å². The zero-order valence-corrected chi connectivity index (χ0v) is 9.45. The van der Waals surface area contributed by atoms with Gasteiger partial charge in [-0.3, -0.25) is 9.59 Å². The molecule has 0 saturated heterocycles. The van der Waals surface area contributed by atoms with Crippen molar-refractivity contribution in [3.8, 4) is 6.07 Å². The quantitative estimate of drug-likeness (QED) is 0.798. The predicted molar refractivity (Wildman–Crippen MR) is 60.0 cm³/mol. The molecule has 0 bridgehead atoms. The van der Waals surface area contributed by atoms with E-state index in [0.717, 1.165) is 11.8 Å². The number of thioether (sulfide) groups is 1.